The molecule has 4 heteroatoms. The van der Waals surface area contributed by atoms with Gasteiger partial charge in [0.15, 0.2) is 0 Å². The predicted octanol–water partition coefficient (Wildman–Crippen LogP) is 1.48. The van der Waals surface area contributed by atoms with Gasteiger partial charge in [-0.15, -0.1) is 0 Å². The maximum atomic E-state index is 11.0. The summed E-state index contributed by atoms with van der Waals surface area (Å²) < 4.78 is 16.6. The van der Waals surface area contributed by atoms with Crippen molar-refractivity contribution in [2.75, 3.05) is 25.2 Å². The summed E-state index contributed by atoms with van der Waals surface area (Å²) in [4.78, 5) is 0. The van der Waals surface area contributed by atoms with Crippen molar-refractivity contribution in [3.05, 3.63) is 29.8 Å². The van der Waals surface area contributed by atoms with E-state index >= 15 is 0 Å². The van der Waals surface area contributed by atoms with Crippen molar-refractivity contribution in [3.8, 4) is 5.75 Å². The third-order valence-corrected chi connectivity index (χ3v) is 3.52. The van der Waals surface area contributed by atoms with E-state index in [4.69, 9.17) is 4.74 Å². The second kappa shape index (κ2) is 5.46. The Balaban J connectivity index is 1.99. The number of nitrogens with one attached hydrogen (secondary N) is 1. The Bertz CT molecular complexity index is 381. The minimum atomic E-state index is -0.721. The van der Waals surface area contributed by atoms with Crippen LogP contribution in [0.2, 0.25) is 0 Å². The van der Waals surface area contributed by atoms with E-state index in [0.717, 1.165) is 25.3 Å². The molecule has 1 N–H and O–H groups in total. The lowest BCUT2D eigenvalue weighted by molar-refractivity contribution is 0.254. The molecular formula is C12H17NO2S. The Morgan fingerprint density at radius 1 is 1.50 bits per heavy atom. The molecule has 2 atom stereocenters. The van der Waals surface area contributed by atoms with E-state index in [1.165, 1.54) is 5.56 Å². The second-order valence-electron chi connectivity index (χ2n) is 3.96. The summed E-state index contributed by atoms with van der Waals surface area (Å²) in [7, 11) is -0.721. The first kappa shape index (κ1) is 11.6. The first-order chi connectivity index (χ1) is 7.77. The van der Waals surface area contributed by atoms with Crippen molar-refractivity contribution in [2.24, 2.45) is 0 Å². The highest BCUT2D eigenvalue weighted by atomic mass is 32.2. The molecule has 0 aromatic heterocycles. The number of hydrogen-bond acceptors (Lipinski definition) is 3. The Kier molecular flexibility index (Phi) is 3.96. The molecule has 0 bridgehead atoms. The van der Waals surface area contributed by atoms with Gasteiger partial charge >= 0.3 is 0 Å². The molecule has 1 aliphatic heterocycles. The number of hydrogen-bond donors (Lipinski definition) is 1. The maximum Gasteiger partial charge on any atom is 0.124 e. The molecule has 0 saturated carbocycles. The zero-order chi connectivity index (χ0) is 11.4. The van der Waals surface area contributed by atoms with Crippen molar-refractivity contribution in [1.29, 1.82) is 0 Å². The van der Waals surface area contributed by atoms with Crippen LogP contribution in [0, 0.1) is 0 Å². The van der Waals surface area contributed by atoms with E-state index < -0.39 is 10.8 Å². The van der Waals surface area contributed by atoms with Crippen LogP contribution in [0.25, 0.3) is 0 Å². The van der Waals surface area contributed by atoms with Gasteiger partial charge in [0.05, 0.1) is 6.61 Å². The average molecular weight is 239 g/mol. The Hall–Kier alpha value is -0.870. The fourth-order valence-electron chi connectivity index (χ4n) is 1.93. The Morgan fingerprint density at radius 2 is 2.31 bits per heavy atom. The fraction of sp³-hybridized carbons (Fsp3) is 0.500. The average Bonchev–Trinajstić information content (AvgIpc) is 2.29. The van der Waals surface area contributed by atoms with Gasteiger partial charge in [-0.05, 0) is 6.07 Å². The van der Waals surface area contributed by atoms with Crippen molar-refractivity contribution in [1.82, 2.24) is 5.32 Å². The molecule has 0 spiro atoms. The third kappa shape index (κ3) is 2.83. The highest BCUT2D eigenvalue weighted by Gasteiger charge is 2.19. The van der Waals surface area contributed by atoms with Crippen molar-refractivity contribution < 1.29 is 8.95 Å². The molecule has 1 aliphatic rings. The normalized spacial score (nSPS) is 20.9. The molecule has 3 nitrogen and oxygen atoms in total. The summed E-state index contributed by atoms with van der Waals surface area (Å²) in [5.41, 5.74) is 1.22. The fourth-order valence-corrected chi connectivity index (χ4v) is 2.34. The van der Waals surface area contributed by atoms with Gasteiger partial charge in [0.25, 0.3) is 0 Å². The molecule has 2 unspecified atom stereocenters. The molecule has 0 fully saturated rings. The minimum Gasteiger partial charge on any atom is -0.493 e. The highest BCUT2D eigenvalue weighted by Crippen LogP contribution is 2.31. The SMILES string of the molecule is CS(=O)CCNC1CCOc2ccccc21. The highest BCUT2D eigenvalue weighted by molar-refractivity contribution is 7.84. The summed E-state index contributed by atoms with van der Waals surface area (Å²) in [6.45, 7) is 1.55. The van der Waals surface area contributed by atoms with Gasteiger partial charge in [0.1, 0.15) is 5.75 Å². The number of ether oxygens (including phenoxy) is 1. The van der Waals surface area contributed by atoms with Crippen LogP contribution < -0.4 is 10.1 Å². The molecule has 16 heavy (non-hydrogen) atoms. The van der Waals surface area contributed by atoms with Crippen LogP contribution in [0.4, 0.5) is 0 Å². The van der Waals surface area contributed by atoms with Gasteiger partial charge in [0.2, 0.25) is 0 Å². The first-order valence-corrected chi connectivity index (χ1v) is 7.25. The van der Waals surface area contributed by atoms with Gasteiger partial charge in [-0.25, -0.2) is 0 Å². The lowest BCUT2D eigenvalue weighted by Crippen LogP contribution is -2.29. The van der Waals surface area contributed by atoms with E-state index in [-0.39, 0.29) is 0 Å². The Labute approximate surface area is 98.7 Å². The number of fused-ring (bicyclic) bond motifs is 1. The number of para-hydroxylation sites is 1. The molecule has 2 rings (SSSR count). The van der Waals surface area contributed by atoms with E-state index in [0.29, 0.717) is 11.8 Å². The van der Waals surface area contributed by atoms with Gasteiger partial charge in [-0.3, -0.25) is 4.21 Å². The summed E-state index contributed by atoms with van der Waals surface area (Å²) >= 11 is 0. The zero-order valence-corrected chi connectivity index (χ0v) is 10.3. The van der Waals surface area contributed by atoms with Crippen molar-refractivity contribution in [3.63, 3.8) is 0 Å². The van der Waals surface area contributed by atoms with Crippen LogP contribution in [0.5, 0.6) is 5.75 Å². The van der Waals surface area contributed by atoms with Crippen LogP contribution in [0.3, 0.4) is 0 Å². The van der Waals surface area contributed by atoms with E-state index in [2.05, 4.69) is 11.4 Å². The lowest BCUT2D eigenvalue weighted by Gasteiger charge is -2.26. The van der Waals surface area contributed by atoms with Crippen LogP contribution in [-0.4, -0.2) is 29.4 Å². The van der Waals surface area contributed by atoms with Crippen LogP contribution in [0.1, 0.15) is 18.0 Å². The van der Waals surface area contributed by atoms with Gasteiger partial charge < -0.3 is 10.1 Å². The smallest absolute Gasteiger partial charge is 0.124 e. The lowest BCUT2D eigenvalue weighted by atomic mass is 10.0. The standard InChI is InChI=1S/C12H17NO2S/c1-16(14)9-7-13-11-6-8-15-12-5-3-2-4-10(11)12/h2-5,11,13H,6-9H2,1H3. The predicted molar refractivity (Wildman–Crippen MR) is 66.2 cm³/mol. The van der Waals surface area contributed by atoms with Gasteiger partial charge in [0, 0.05) is 47.4 Å². The molecule has 1 heterocycles. The number of rotatable bonds is 4. The topological polar surface area (TPSA) is 38.3 Å². The van der Waals surface area contributed by atoms with Gasteiger partial charge in [-0.1, -0.05) is 18.2 Å². The third-order valence-electron chi connectivity index (χ3n) is 2.74. The van der Waals surface area contributed by atoms with E-state index in [1.807, 2.05) is 18.2 Å². The minimum absolute atomic E-state index is 0.341. The number of benzene rings is 1. The molecule has 0 aliphatic carbocycles. The second-order valence-corrected chi connectivity index (χ2v) is 5.51. The monoisotopic (exact) mass is 239 g/mol. The van der Waals surface area contributed by atoms with Crippen LogP contribution in [0.15, 0.2) is 24.3 Å². The molecular weight excluding hydrogens is 222 g/mol. The van der Waals surface area contributed by atoms with E-state index in [9.17, 15) is 4.21 Å². The summed E-state index contributed by atoms with van der Waals surface area (Å²) in [5.74, 6) is 1.68. The van der Waals surface area contributed by atoms with Crippen LogP contribution >= 0.6 is 0 Å². The summed E-state index contributed by atoms with van der Waals surface area (Å²) in [5, 5.41) is 3.44. The van der Waals surface area contributed by atoms with E-state index in [1.54, 1.807) is 6.26 Å². The maximum absolute atomic E-state index is 11.0. The molecule has 1 aromatic rings. The van der Waals surface area contributed by atoms with Gasteiger partial charge in [-0.2, -0.15) is 0 Å². The zero-order valence-electron chi connectivity index (χ0n) is 9.44. The van der Waals surface area contributed by atoms with Crippen molar-refractivity contribution in [2.45, 2.75) is 12.5 Å². The van der Waals surface area contributed by atoms with Crippen LogP contribution in [-0.2, 0) is 10.8 Å². The Morgan fingerprint density at radius 3 is 3.12 bits per heavy atom. The molecule has 0 saturated heterocycles. The first-order valence-electron chi connectivity index (χ1n) is 5.52. The summed E-state index contributed by atoms with van der Waals surface area (Å²) in [6.07, 6.45) is 2.72. The largest absolute Gasteiger partial charge is 0.493 e. The molecule has 88 valence electrons. The molecule has 0 radical (unpaired) electrons. The quantitative estimate of drug-likeness (QED) is 0.865. The molecule has 1 aromatic carbocycles. The summed E-state index contributed by atoms with van der Waals surface area (Å²) in [6, 6.07) is 8.45. The molecule has 0 amide bonds. The van der Waals surface area contributed by atoms with Crippen molar-refractivity contribution >= 4 is 10.8 Å².